The minimum Gasteiger partial charge on any atom is -0.378 e. The van der Waals surface area contributed by atoms with Crippen LogP contribution in [0.1, 0.15) is 151 Å². The molecule has 1 N–H and O–H groups in total. The highest BCUT2D eigenvalue weighted by molar-refractivity contribution is 6.64. The van der Waals surface area contributed by atoms with Gasteiger partial charge in [-0.3, -0.25) is 53.5 Å². The Hall–Kier alpha value is -6.42. The number of rotatable bonds is 18. The Labute approximate surface area is 798 Å². The van der Waals surface area contributed by atoms with E-state index in [0.29, 0.717) is 75.7 Å². The lowest BCUT2D eigenvalue weighted by molar-refractivity contribution is -0.153. The molecule has 0 unspecified atom stereocenters. The molecule has 26 heteroatoms. The number of carbonyl (C=O) groups excluding carboxylic acids is 4. The summed E-state index contributed by atoms with van der Waals surface area (Å²) in [5, 5.41) is 2.86. The molecule has 130 heavy (non-hydrogen) atoms. The van der Waals surface area contributed by atoms with Crippen molar-refractivity contribution in [1.82, 2.24) is 49.4 Å². The Morgan fingerprint density at radius 2 is 0.669 bits per heavy atom. The zero-order valence-electron chi connectivity index (χ0n) is 72.9. The van der Waals surface area contributed by atoms with Crippen LogP contribution in [0.25, 0.3) is 0 Å². The molecule has 0 bridgehead atoms. The molecule has 12 saturated heterocycles. The maximum absolute atomic E-state index is 13.6. The van der Waals surface area contributed by atoms with Gasteiger partial charge in [0.25, 0.3) is 0 Å². The number of hydrogen-bond donors (Lipinski definition) is 1. The topological polar surface area (TPSA) is 146 Å². The largest absolute Gasteiger partial charge is 0.378 e. The lowest BCUT2D eigenvalue weighted by Crippen LogP contribution is -2.71. The third-order valence-electron chi connectivity index (χ3n) is 27.6. The van der Waals surface area contributed by atoms with Crippen LogP contribution in [0.15, 0.2) is 170 Å². The van der Waals surface area contributed by atoms with Crippen molar-refractivity contribution in [2.24, 2.45) is 11.8 Å². The number of aryl methyl sites for hydroxylation is 1. The van der Waals surface area contributed by atoms with Gasteiger partial charge in [-0.2, -0.15) is 0 Å². The first-order valence-electron chi connectivity index (χ1n) is 46.0. The van der Waals surface area contributed by atoms with Gasteiger partial charge < -0.3 is 34.1 Å². The molecule has 0 saturated carbocycles. The first kappa shape index (κ1) is 106. The summed E-state index contributed by atoms with van der Waals surface area (Å²) in [4.78, 5) is 69.9. The van der Waals surface area contributed by atoms with Crippen LogP contribution in [0.4, 0.5) is 13.2 Å². The Balaban J connectivity index is 0.000000166. The number of amides is 2. The third-order valence-corrected chi connectivity index (χ3v) is 28.7. The van der Waals surface area contributed by atoms with Crippen molar-refractivity contribution in [3.05, 3.63) is 247 Å². The summed E-state index contributed by atoms with van der Waals surface area (Å²) in [7, 11) is 0. The zero-order chi connectivity index (χ0) is 87.8. The van der Waals surface area contributed by atoms with Crippen LogP contribution in [0, 0.1) is 36.2 Å². The summed E-state index contributed by atoms with van der Waals surface area (Å²) in [6, 6.07) is 56.8. The summed E-state index contributed by atoms with van der Waals surface area (Å²) in [5.74, 6) is 0.370. The van der Waals surface area contributed by atoms with Crippen LogP contribution < -0.4 is 5.32 Å². The van der Waals surface area contributed by atoms with Gasteiger partial charge in [-0.15, -0.1) is 0 Å². The molecule has 712 valence electrons. The maximum atomic E-state index is 13.6. The third kappa shape index (κ3) is 29.3. The van der Waals surface area contributed by atoms with Crippen LogP contribution in [0.3, 0.4) is 0 Å². The molecule has 0 aromatic heterocycles. The molecule has 0 radical (unpaired) electrons. The first-order chi connectivity index (χ1) is 61.3. The van der Waals surface area contributed by atoms with E-state index in [1.54, 1.807) is 24.3 Å². The number of piperazine rings is 2. The van der Waals surface area contributed by atoms with Crippen molar-refractivity contribution in [3.63, 3.8) is 0 Å². The molecule has 0 aliphatic carbocycles. The van der Waals surface area contributed by atoms with Gasteiger partial charge in [-0.25, -0.2) is 13.2 Å². The van der Waals surface area contributed by atoms with Crippen LogP contribution in [-0.4, -0.2) is 271 Å². The van der Waals surface area contributed by atoms with E-state index in [0.717, 1.165) is 119 Å². The Morgan fingerprint density at radius 1 is 0.338 bits per heavy atom. The number of fused-ring (bicyclic) bond motifs is 4. The molecule has 12 heterocycles. The summed E-state index contributed by atoms with van der Waals surface area (Å²) >= 11 is 27.7. The maximum Gasteiger partial charge on any atom is 0.227 e. The SMILES string of the molecule is C.C.C.C.Cc1cccc(CC(=O)Cl)c1.O=C(Cc1ccc(F)c(Cl)c1)N1CCN(Cc2ccccc2)[C@@H]2COC[C@H](N3CCCC3)[C@H]21.O=C(Cc1ccc(F)c(Cl)c1)N1CCN[C@@H]2COC[C@H](N3CCCC3)[C@H]21.O=C(Cl)Cc1ccc(F)c(Cl)c1.c1ccc(CN2CCC[C@H]3[C@H]2COC[C@@H]3N2CCCC2)cc1.c1ccc(CN2CCC[C@H]3[C@H]2COC[C@@H]3N2CCCC2)cc1. The lowest BCUT2D eigenvalue weighted by atomic mass is 9.81. The molecule has 19 rings (SSSR count). The van der Waals surface area contributed by atoms with Gasteiger partial charge in [-0.1, -0.05) is 204 Å². The summed E-state index contributed by atoms with van der Waals surface area (Å²) < 4.78 is 63.6. The minimum absolute atomic E-state index is 0. The number of benzene rings is 7. The number of piperidine rings is 2. The molecular formula is C104H142Cl5F3N10O8. The van der Waals surface area contributed by atoms with Crippen molar-refractivity contribution >= 4 is 80.3 Å². The van der Waals surface area contributed by atoms with Crippen molar-refractivity contribution in [3.8, 4) is 0 Å². The average molecular weight is 1890 g/mol. The smallest absolute Gasteiger partial charge is 0.227 e. The van der Waals surface area contributed by atoms with E-state index in [1.807, 2.05) is 42.2 Å². The zero-order valence-corrected chi connectivity index (χ0v) is 76.7. The molecule has 12 aliphatic rings. The van der Waals surface area contributed by atoms with Gasteiger partial charge in [0.1, 0.15) is 17.5 Å². The first-order valence-corrected chi connectivity index (χ1v) is 47.9. The van der Waals surface area contributed by atoms with Crippen molar-refractivity contribution in [1.29, 1.82) is 0 Å². The second-order valence-corrected chi connectivity index (χ2v) is 38.0. The fourth-order valence-corrected chi connectivity index (χ4v) is 22.4. The second-order valence-electron chi connectivity index (χ2n) is 35.9. The molecular weight excluding hydrogens is 1750 g/mol. The molecule has 2 amide bonds. The Bertz CT molecular complexity index is 4510. The predicted molar refractivity (Wildman–Crippen MR) is 521 cm³/mol. The standard InChI is InChI=1S/C26H31ClFN3O2.C19H25ClFN3O2.2C19H28N2O.C9H9ClO.C8H5Cl2FO.4CH4/c27-21-14-20(8-9-22(21)28)15-25(32)31-13-12-30(16-19-6-2-1-3-7-19)24-18-33-17-23(26(24)31)29-10-4-5-11-29;20-14-9-13(3-4-15(14)21)10-18(25)24-8-5-22-16-11-26-12-17(19(16)24)23-6-1-2-7-23;2*1-2-7-16(8-3-1)13-21-12-6-9-17-18(14-22-15-19(17)21)20-10-4-5-11-20;1-7-3-2-4-8(5-7)6-9(10)11;9-6-3-5(4-8(10)12)1-2-7(6)11;;;;/h1-3,6-9,14,23-24,26H,4-5,10-13,15-18H2;3-4,9,16-17,19,22H,1-2,5-8,10-12H2;2*1-3,7-8,17-19H,4-6,9-15H2;2-5H,6H2,1H3;1-3H,4H2;4*1H4/t23-,24+,26+;16-,17+,19+;2*17-,18+,19-;;;;;;/m0111....../s1. The second kappa shape index (κ2) is 53.2. The Kier molecular flexibility index (Phi) is 43.2. The highest BCUT2D eigenvalue weighted by Crippen LogP contribution is 2.39. The lowest BCUT2D eigenvalue weighted by Gasteiger charge is -2.54. The molecule has 18 nitrogen and oxygen atoms in total. The number of nitrogens with zero attached hydrogens (tertiary/aromatic N) is 9. The minimum atomic E-state index is -0.498. The van der Waals surface area contributed by atoms with Gasteiger partial charge in [-0.05, 0) is 260 Å². The monoisotopic (exact) mass is 1890 g/mol. The molecule has 7 aromatic rings. The summed E-state index contributed by atoms with van der Waals surface area (Å²) in [6.45, 7) is 26.2. The van der Waals surface area contributed by atoms with E-state index in [1.165, 1.54) is 163 Å². The number of hydrogen-bond acceptors (Lipinski definition) is 16. The molecule has 7 aromatic carbocycles. The van der Waals surface area contributed by atoms with Crippen LogP contribution in [0.2, 0.25) is 15.1 Å². The molecule has 12 aliphatic heterocycles. The molecule has 0 spiro atoms. The van der Waals surface area contributed by atoms with E-state index in [9.17, 15) is 32.3 Å². The predicted octanol–water partition coefficient (Wildman–Crippen LogP) is 18.4. The van der Waals surface area contributed by atoms with Gasteiger partial charge in [0.2, 0.25) is 22.3 Å². The van der Waals surface area contributed by atoms with Gasteiger partial charge in [0.05, 0.1) is 117 Å². The highest BCUT2D eigenvalue weighted by atomic mass is 35.5. The van der Waals surface area contributed by atoms with E-state index in [2.05, 4.69) is 129 Å². The van der Waals surface area contributed by atoms with Gasteiger partial charge in [0, 0.05) is 82.8 Å². The van der Waals surface area contributed by atoms with E-state index < -0.39 is 22.7 Å². The number of nitrogens with one attached hydrogen (secondary N) is 1. The molecule has 12 atom stereocenters. The van der Waals surface area contributed by atoms with E-state index >= 15 is 0 Å². The van der Waals surface area contributed by atoms with Gasteiger partial charge >= 0.3 is 0 Å². The van der Waals surface area contributed by atoms with E-state index in [-0.39, 0.29) is 117 Å². The fraction of sp³-hybridized carbons (Fsp3) is 0.558. The number of halogens is 8. The normalized spacial score (nSPS) is 25.8. The highest BCUT2D eigenvalue weighted by Gasteiger charge is 2.50. The number of carbonyl (C=O) groups is 4. The number of likely N-dealkylation sites (tertiary alicyclic amines) is 6. The van der Waals surface area contributed by atoms with Crippen molar-refractivity contribution in [2.45, 2.75) is 219 Å². The fourth-order valence-electron chi connectivity index (χ4n) is 21.5. The molecule has 12 fully saturated rings. The number of ether oxygens (including phenoxy) is 4. The van der Waals surface area contributed by atoms with E-state index in [4.69, 9.17) is 77.0 Å². The van der Waals surface area contributed by atoms with Crippen LogP contribution >= 0.6 is 58.0 Å². The van der Waals surface area contributed by atoms with Gasteiger partial charge in [0.15, 0.2) is 0 Å². The van der Waals surface area contributed by atoms with Crippen LogP contribution in [0.5, 0.6) is 0 Å². The van der Waals surface area contributed by atoms with Crippen molar-refractivity contribution < 1.29 is 51.3 Å². The van der Waals surface area contributed by atoms with Crippen LogP contribution in [-0.2, 0) is 83.4 Å². The van der Waals surface area contributed by atoms with Crippen molar-refractivity contribution in [2.75, 3.05) is 144 Å². The Morgan fingerprint density at radius 3 is 1.06 bits per heavy atom. The summed E-state index contributed by atoms with van der Waals surface area (Å²) in [5.41, 5.74) is 8.39. The quantitative estimate of drug-likeness (QED) is 0.0812. The average Bonchev–Trinajstić information content (AvgIpc) is 1.22. The summed E-state index contributed by atoms with van der Waals surface area (Å²) in [6.07, 6.45) is 16.7.